The largest absolute Gasteiger partial charge is 0.470 e. The van der Waals surface area contributed by atoms with Crippen LogP contribution >= 0.6 is 0 Å². The van der Waals surface area contributed by atoms with Gasteiger partial charge in [0.2, 0.25) is 0 Å². The van der Waals surface area contributed by atoms with Crippen LogP contribution in [0.3, 0.4) is 0 Å². The highest BCUT2D eigenvalue weighted by atomic mass is 16.5. The van der Waals surface area contributed by atoms with Gasteiger partial charge in [-0.25, -0.2) is 9.98 Å². The van der Waals surface area contributed by atoms with Crippen molar-refractivity contribution >= 4 is 11.8 Å². The van der Waals surface area contributed by atoms with Crippen molar-refractivity contribution in [2.45, 2.75) is 0 Å². The maximum Gasteiger partial charge on any atom is 0.278 e. The summed E-state index contributed by atoms with van der Waals surface area (Å²) in [5.74, 6) is 0.920. The average Bonchev–Trinajstić information content (AvgIpc) is 2.21. The third-order valence-corrected chi connectivity index (χ3v) is 1.41. The van der Waals surface area contributed by atoms with Gasteiger partial charge in [-0.15, -0.1) is 0 Å². The van der Waals surface area contributed by atoms with Gasteiger partial charge in [0.15, 0.2) is 0 Å². The van der Waals surface area contributed by atoms with E-state index >= 15 is 0 Å². The Kier molecular flexibility index (Phi) is 1.90. The second-order valence-electron chi connectivity index (χ2n) is 2.26. The van der Waals surface area contributed by atoms with Crippen molar-refractivity contribution in [3.8, 4) is 0 Å². The zero-order chi connectivity index (χ0) is 8.23. The molecule has 0 aromatic heterocycles. The van der Waals surface area contributed by atoms with Crippen LogP contribution in [-0.2, 0) is 9.47 Å². The van der Waals surface area contributed by atoms with Gasteiger partial charge in [-0.2, -0.15) is 0 Å². The van der Waals surface area contributed by atoms with E-state index in [1.165, 1.54) is 0 Å². The van der Waals surface area contributed by atoms with E-state index in [1.54, 1.807) is 12.4 Å². The predicted octanol–water partition coefficient (Wildman–Crippen LogP) is 0.871. The Morgan fingerprint density at radius 1 is 0.917 bits per heavy atom. The van der Waals surface area contributed by atoms with E-state index in [9.17, 15) is 0 Å². The fourth-order valence-electron chi connectivity index (χ4n) is 0.889. The normalized spacial score (nSPS) is 20.7. The summed E-state index contributed by atoms with van der Waals surface area (Å²) in [7, 11) is 0. The van der Waals surface area contributed by atoms with Crippen LogP contribution in [0.15, 0.2) is 34.5 Å². The van der Waals surface area contributed by atoms with Crippen LogP contribution in [0.1, 0.15) is 0 Å². The van der Waals surface area contributed by atoms with E-state index in [-0.39, 0.29) is 0 Å². The summed E-state index contributed by atoms with van der Waals surface area (Å²) >= 11 is 0. The molecule has 2 rings (SSSR count). The summed E-state index contributed by atoms with van der Waals surface area (Å²) in [6.45, 7) is 1.07. The highest BCUT2D eigenvalue weighted by Crippen LogP contribution is 2.01. The standard InChI is InChI=1S/C8H8N2O2/c1-3-9-7(11-5-1)8-10-4-2-6-12-8/h1-4H,5-6H2. The highest BCUT2D eigenvalue weighted by Gasteiger charge is 2.13. The van der Waals surface area contributed by atoms with Gasteiger partial charge in [0.25, 0.3) is 11.8 Å². The molecular formula is C8H8N2O2. The SMILES string of the molecule is C1=CN=C(C2=NC=CCO2)OC1. The highest BCUT2D eigenvalue weighted by molar-refractivity contribution is 6.35. The molecule has 0 atom stereocenters. The number of ether oxygens (including phenoxy) is 2. The van der Waals surface area contributed by atoms with Crippen molar-refractivity contribution in [3.05, 3.63) is 24.6 Å². The molecule has 0 saturated carbocycles. The number of aliphatic imine (C=N–C) groups is 2. The maximum absolute atomic E-state index is 5.19. The summed E-state index contributed by atoms with van der Waals surface area (Å²) in [5.41, 5.74) is 0. The molecule has 0 fully saturated rings. The van der Waals surface area contributed by atoms with Gasteiger partial charge >= 0.3 is 0 Å². The Morgan fingerprint density at radius 3 is 1.75 bits per heavy atom. The molecule has 0 saturated heterocycles. The Bertz CT molecular complexity index is 259. The van der Waals surface area contributed by atoms with Crippen molar-refractivity contribution in [1.29, 1.82) is 0 Å². The van der Waals surface area contributed by atoms with Crippen molar-refractivity contribution < 1.29 is 9.47 Å². The lowest BCUT2D eigenvalue weighted by molar-refractivity contribution is 0.311. The smallest absolute Gasteiger partial charge is 0.278 e. The molecule has 0 amide bonds. The Hall–Kier alpha value is -1.58. The molecule has 62 valence electrons. The van der Waals surface area contributed by atoms with E-state index in [1.807, 2.05) is 12.2 Å². The molecule has 0 aliphatic carbocycles. The number of hydrogen-bond donors (Lipinski definition) is 0. The molecule has 2 aliphatic rings. The topological polar surface area (TPSA) is 43.2 Å². The van der Waals surface area contributed by atoms with Crippen LogP contribution in [0, 0.1) is 0 Å². The number of rotatable bonds is 1. The van der Waals surface area contributed by atoms with Crippen LogP contribution < -0.4 is 0 Å². The van der Waals surface area contributed by atoms with Gasteiger partial charge in [-0.3, -0.25) is 0 Å². The Morgan fingerprint density at radius 2 is 1.42 bits per heavy atom. The molecule has 4 nitrogen and oxygen atoms in total. The minimum absolute atomic E-state index is 0.460. The third-order valence-electron chi connectivity index (χ3n) is 1.41. The van der Waals surface area contributed by atoms with Crippen LogP contribution in [-0.4, -0.2) is 25.0 Å². The van der Waals surface area contributed by atoms with Crippen molar-refractivity contribution in [2.24, 2.45) is 9.98 Å². The van der Waals surface area contributed by atoms with Gasteiger partial charge in [0, 0.05) is 12.4 Å². The lowest BCUT2D eigenvalue weighted by Gasteiger charge is -2.13. The van der Waals surface area contributed by atoms with Crippen molar-refractivity contribution in [2.75, 3.05) is 13.2 Å². The summed E-state index contributed by atoms with van der Waals surface area (Å²) in [5, 5.41) is 0. The first kappa shape index (κ1) is 7.09. The van der Waals surface area contributed by atoms with E-state index in [0.717, 1.165) is 0 Å². The molecule has 2 aliphatic heterocycles. The molecule has 12 heavy (non-hydrogen) atoms. The zero-order valence-corrected chi connectivity index (χ0v) is 6.43. The predicted molar refractivity (Wildman–Crippen MR) is 45.1 cm³/mol. The number of hydrogen-bond acceptors (Lipinski definition) is 4. The van der Waals surface area contributed by atoms with Gasteiger partial charge in [0.1, 0.15) is 13.2 Å². The molecule has 2 heterocycles. The Balaban J connectivity index is 2.17. The van der Waals surface area contributed by atoms with Crippen LogP contribution in [0.2, 0.25) is 0 Å². The molecule has 4 heteroatoms. The van der Waals surface area contributed by atoms with E-state index in [0.29, 0.717) is 25.0 Å². The second kappa shape index (κ2) is 3.21. The molecule has 0 unspecified atom stereocenters. The molecule has 0 aromatic rings. The molecule has 0 radical (unpaired) electrons. The van der Waals surface area contributed by atoms with Gasteiger partial charge in [-0.1, -0.05) is 0 Å². The average molecular weight is 164 g/mol. The zero-order valence-electron chi connectivity index (χ0n) is 6.43. The fourth-order valence-corrected chi connectivity index (χ4v) is 0.889. The Labute approximate surface area is 69.9 Å². The minimum atomic E-state index is 0.460. The van der Waals surface area contributed by atoms with E-state index < -0.39 is 0 Å². The number of nitrogens with zero attached hydrogens (tertiary/aromatic N) is 2. The quantitative estimate of drug-likeness (QED) is 0.577. The van der Waals surface area contributed by atoms with E-state index in [2.05, 4.69) is 9.98 Å². The summed E-state index contributed by atoms with van der Waals surface area (Å²) in [4.78, 5) is 7.95. The third kappa shape index (κ3) is 1.37. The lowest BCUT2D eigenvalue weighted by atomic mass is 10.5. The minimum Gasteiger partial charge on any atom is -0.470 e. The van der Waals surface area contributed by atoms with Crippen LogP contribution in [0.5, 0.6) is 0 Å². The monoisotopic (exact) mass is 164 g/mol. The van der Waals surface area contributed by atoms with Gasteiger partial charge < -0.3 is 9.47 Å². The van der Waals surface area contributed by atoms with Crippen molar-refractivity contribution in [3.63, 3.8) is 0 Å². The maximum atomic E-state index is 5.19. The van der Waals surface area contributed by atoms with Crippen LogP contribution in [0.25, 0.3) is 0 Å². The summed E-state index contributed by atoms with van der Waals surface area (Å²) in [6, 6.07) is 0. The molecule has 0 spiro atoms. The molecule has 0 aromatic carbocycles. The second-order valence-corrected chi connectivity index (χ2v) is 2.26. The first-order valence-corrected chi connectivity index (χ1v) is 3.68. The lowest BCUT2D eigenvalue weighted by Crippen LogP contribution is -2.23. The fraction of sp³-hybridized carbons (Fsp3) is 0.250. The van der Waals surface area contributed by atoms with Crippen molar-refractivity contribution in [1.82, 2.24) is 0 Å². The van der Waals surface area contributed by atoms with Crippen LogP contribution in [0.4, 0.5) is 0 Å². The van der Waals surface area contributed by atoms with Gasteiger partial charge in [-0.05, 0) is 12.2 Å². The summed E-state index contributed by atoms with van der Waals surface area (Å²) in [6.07, 6.45) is 7.01. The molecule has 0 bridgehead atoms. The van der Waals surface area contributed by atoms with Gasteiger partial charge in [0.05, 0.1) is 0 Å². The summed E-state index contributed by atoms with van der Waals surface area (Å²) < 4.78 is 10.4. The van der Waals surface area contributed by atoms with E-state index in [4.69, 9.17) is 9.47 Å². The first-order valence-electron chi connectivity index (χ1n) is 3.68. The first-order chi connectivity index (χ1) is 5.97. The molecule has 0 N–H and O–H groups in total. The molecular weight excluding hydrogens is 156 g/mol.